The van der Waals surface area contributed by atoms with E-state index in [0.29, 0.717) is 0 Å². The Morgan fingerprint density at radius 1 is 1.18 bits per heavy atom. The molecule has 0 aliphatic heterocycles. The lowest BCUT2D eigenvalue weighted by molar-refractivity contribution is 0.125. The smallest absolute Gasteiger partial charge is 0.0591 e. The summed E-state index contributed by atoms with van der Waals surface area (Å²) in [5, 5.41) is 3.41. The van der Waals surface area contributed by atoms with Gasteiger partial charge in [0.1, 0.15) is 0 Å². The third-order valence-electron chi connectivity index (χ3n) is 2.84. The maximum Gasteiger partial charge on any atom is 0.0591 e. The average molecular weight is 235 g/mol. The Balaban J connectivity index is 2.03. The standard InChI is InChI=1S/C15H25NO/c1-13(2)8-10-17-11-9-16-12-15-7-5-4-6-14(15)3/h4-7,13,16H,8-12H2,1-3H3. The number of ether oxygens (including phenoxy) is 1. The van der Waals surface area contributed by atoms with Crippen LogP contribution in [0, 0.1) is 12.8 Å². The molecule has 1 aromatic carbocycles. The van der Waals surface area contributed by atoms with E-state index in [1.54, 1.807) is 0 Å². The summed E-state index contributed by atoms with van der Waals surface area (Å²) in [7, 11) is 0. The average Bonchev–Trinajstić information content (AvgIpc) is 2.30. The van der Waals surface area contributed by atoms with Crippen molar-refractivity contribution in [2.45, 2.75) is 33.7 Å². The summed E-state index contributed by atoms with van der Waals surface area (Å²) in [5.41, 5.74) is 2.72. The molecule has 1 N–H and O–H groups in total. The van der Waals surface area contributed by atoms with Crippen molar-refractivity contribution in [1.29, 1.82) is 0 Å². The van der Waals surface area contributed by atoms with Crippen molar-refractivity contribution in [2.24, 2.45) is 5.92 Å². The van der Waals surface area contributed by atoms with Gasteiger partial charge in [-0.1, -0.05) is 38.1 Å². The van der Waals surface area contributed by atoms with E-state index in [2.05, 4.69) is 50.4 Å². The van der Waals surface area contributed by atoms with E-state index in [-0.39, 0.29) is 0 Å². The number of nitrogens with one attached hydrogen (secondary N) is 1. The summed E-state index contributed by atoms with van der Waals surface area (Å²) >= 11 is 0. The molecule has 0 aromatic heterocycles. The third kappa shape index (κ3) is 6.44. The van der Waals surface area contributed by atoms with Crippen molar-refractivity contribution in [3.8, 4) is 0 Å². The highest BCUT2D eigenvalue weighted by Gasteiger charge is 1.96. The van der Waals surface area contributed by atoms with Crippen molar-refractivity contribution in [2.75, 3.05) is 19.8 Å². The Labute approximate surface area is 105 Å². The van der Waals surface area contributed by atoms with Crippen molar-refractivity contribution in [3.63, 3.8) is 0 Å². The van der Waals surface area contributed by atoms with Gasteiger partial charge in [0.15, 0.2) is 0 Å². The molecule has 2 heteroatoms. The van der Waals surface area contributed by atoms with Gasteiger partial charge in [0, 0.05) is 19.7 Å². The van der Waals surface area contributed by atoms with E-state index in [1.807, 2.05) is 0 Å². The van der Waals surface area contributed by atoms with E-state index in [1.165, 1.54) is 11.1 Å². The summed E-state index contributed by atoms with van der Waals surface area (Å²) in [6.07, 6.45) is 1.15. The SMILES string of the molecule is Cc1ccccc1CNCCOCCC(C)C. The minimum atomic E-state index is 0.731. The predicted octanol–water partition coefficient (Wildman–Crippen LogP) is 3.15. The minimum Gasteiger partial charge on any atom is -0.380 e. The van der Waals surface area contributed by atoms with Crippen LogP contribution in [-0.2, 0) is 11.3 Å². The van der Waals surface area contributed by atoms with E-state index in [9.17, 15) is 0 Å². The molecule has 2 nitrogen and oxygen atoms in total. The van der Waals surface area contributed by atoms with Crippen LogP contribution < -0.4 is 5.32 Å². The van der Waals surface area contributed by atoms with Gasteiger partial charge in [0.25, 0.3) is 0 Å². The van der Waals surface area contributed by atoms with Crippen LogP contribution in [0.3, 0.4) is 0 Å². The van der Waals surface area contributed by atoms with Crippen LogP contribution in [-0.4, -0.2) is 19.8 Å². The summed E-state index contributed by atoms with van der Waals surface area (Å²) in [5.74, 6) is 0.731. The van der Waals surface area contributed by atoms with Crippen molar-refractivity contribution in [1.82, 2.24) is 5.32 Å². The lowest BCUT2D eigenvalue weighted by atomic mass is 10.1. The molecule has 0 saturated heterocycles. The van der Waals surface area contributed by atoms with Gasteiger partial charge in [-0.15, -0.1) is 0 Å². The maximum absolute atomic E-state index is 5.55. The van der Waals surface area contributed by atoms with Crippen LogP contribution in [0.1, 0.15) is 31.4 Å². The molecule has 17 heavy (non-hydrogen) atoms. The van der Waals surface area contributed by atoms with Crippen LogP contribution in [0.4, 0.5) is 0 Å². The van der Waals surface area contributed by atoms with Crippen LogP contribution in [0.15, 0.2) is 24.3 Å². The summed E-state index contributed by atoms with van der Waals surface area (Å²) < 4.78 is 5.55. The number of rotatable bonds is 8. The Bertz CT molecular complexity index is 310. The van der Waals surface area contributed by atoms with Crippen molar-refractivity contribution >= 4 is 0 Å². The molecular weight excluding hydrogens is 210 g/mol. The second-order valence-corrected chi connectivity index (χ2v) is 4.90. The van der Waals surface area contributed by atoms with Gasteiger partial charge in [-0.3, -0.25) is 0 Å². The zero-order valence-electron chi connectivity index (χ0n) is 11.3. The Hall–Kier alpha value is -0.860. The van der Waals surface area contributed by atoms with Gasteiger partial charge >= 0.3 is 0 Å². The summed E-state index contributed by atoms with van der Waals surface area (Å²) in [6, 6.07) is 8.48. The molecule has 0 fully saturated rings. The fourth-order valence-corrected chi connectivity index (χ4v) is 1.60. The first-order valence-electron chi connectivity index (χ1n) is 6.53. The van der Waals surface area contributed by atoms with Crippen molar-refractivity contribution in [3.05, 3.63) is 35.4 Å². The first-order valence-corrected chi connectivity index (χ1v) is 6.53. The fraction of sp³-hybridized carbons (Fsp3) is 0.600. The highest BCUT2D eigenvalue weighted by Crippen LogP contribution is 2.05. The molecule has 0 atom stereocenters. The quantitative estimate of drug-likeness (QED) is 0.699. The van der Waals surface area contributed by atoms with Crippen LogP contribution >= 0.6 is 0 Å². The Kier molecular flexibility index (Phi) is 6.90. The van der Waals surface area contributed by atoms with Gasteiger partial charge in [-0.25, -0.2) is 0 Å². The lowest BCUT2D eigenvalue weighted by Crippen LogP contribution is -2.20. The third-order valence-corrected chi connectivity index (χ3v) is 2.84. The van der Waals surface area contributed by atoms with E-state index in [4.69, 9.17) is 4.74 Å². The van der Waals surface area contributed by atoms with Gasteiger partial charge in [0.2, 0.25) is 0 Å². The fourth-order valence-electron chi connectivity index (χ4n) is 1.60. The first-order chi connectivity index (χ1) is 8.20. The summed E-state index contributed by atoms with van der Waals surface area (Å²) in [6.45, 7) is 10.1. The molecule has 0 aliphatic rings. The van der Waals surface area contributed by atoms with Crippen LogP contribution in [0.2, 0.25) is 0 Å². The van der Waals surface area contributed by atoms with E-state index in [0.717, 1.165) is 38.6 Å². The second-order valence-electron chi connectivity index (χ2n) is 4.90. The molecule has 0 aliphatic carbocycles. The molecule has 0 heterocycles. The first kappa shape index (κ1) is 14.2. The number of hydrogen-bond acceptors (Lipinski definition) is 2. The lowest BCUT2D eigenvalue weighted by Gasteiger charge is -2.09. The number of hydrogen-bond donors (Lipinski definition) is 1. The van der Waals surface area contributed by atoms with Gasteiger partial charge in [-0.2, -0.15) is 0 Å². The number of aryl methyl sites for hydroxylation is 1. The zero-order valence-corrected chi connectivity index (χ0v) is 11.3. The second kappa shape index (κ2) is 8.26. The summed E-state index contributed by atoms with van der Waals surface area (Å²) in [4.78, 5) is 0. The van der Waals surface area contributed by atoms with E-state index >= 15 is 0 Å². The largest absolute Gasteiger partial charge is 0.380 e. The molecule has 0 unspecified atom stereocenters. The number of benzene rings is 1. The maximum atomic E-state index is 5.55. The van der Waals surface area contributed by atoms with Gasteiger partial charge in [-0.05, 0) is 30.4 Å². The van der Waals surface area contributed by atoms with Gasteiger partial charge in [0.05, 0.1) is 6.61 Å². The normalized spacial score (nSPS) is 11.1. The van der Waals surface area contributed by atoms with Crippen LogP contribution in [0.25, 0.3) is 0 Å². The molecule has 1 rings (SSSR count). The molecular formula is C15H25NO. The highest BCUT2D eigenvalue weighted by atomic mass is 16.5. The minimum absolute atomic E-state index is 0.731. The molecule has 96 valence electrons. The van der Waals surface area contributed by atoms with Crippen molar-refractivity contribution < 1.29 is 4.74 Å². The predicted molar refractivity (Wildman–Crippen MR) is 73.2 cm³/mol. The topological polar surface area (TPSA) is 21.3 Å². The Morgan fingerprint density at radius 3 is 2.65 bits per heavy atom. The molecule has 1 aromatic rings. The highest BCUT2D eigenvalue weighted by molar-refractivity contribution is 5.25. The van der Waals surface area contributed by atoms with Gasteiger partial charge < -0.3 is 10.1 Å². The Morgan fingerprint density at radius 2 is 1.94 bits per heavy atom. The molecule has 0 spiro atoms. The zero-order chi connectivity index (χ0) is 12.5. The molecule has 0 saturated carbocycles. The molecule has 0 radical (unpaired) electrons. The van der Waals surface area contributed by atoms with E-state index < -0.39 is 0 Å². The van der Waals surface area contributed by atoms with Crippen LogP contribution in [0.5, 0.6) is 0 Å². The molecule has 0 bridgehead atoms. The molecule has 0 amide bonds. The monoisotopic (exact) mass is 235 g/mol.